The molecule has 2 aromatic rings. The first kappa shape index (κ1) is 18.9. The van der Waals surface area contributed by atoms with Gasteiger partial charge in [-0.25, -0.2) is 0 Å². The minimum atomic E-state index is -0.301. The second-order valence-electron chi connectivity index (χ2n) is 7.34. The van der Waals surface area contributed by atoms with Crippen LogP contribution in [0, 0.1) is 11.8 Å². The van der Waals surface area contributed by atoms with Gasteiger partial charge in [0.15, 0.2) is 0 Å². The van der Waals surface area contributed by atoms with Crippen LogP contribution in [0.4, 0.5) is 5.69 Å². The average molecular weight is 397 g/mol. The molecule has 4 rings (SSSR count). The fraction of sp³-hybridized carbons (Fsp3) is 0.364. The number of benzene rings is 2. The van der Waals surface area contributed by atoms with Crippen molar-refractivity contribution in [2.75, 3.05) is 30.9 Å². The smallest absolute Gasteiger partial charge is 0.227 e. The van der Waals surface area contributed by atoms with Gasteiger partial charge in [-0.05, 0) is 48.6 Å². The quantitative estimate of drug-likeness (QED) is 0.789. The van der Waals surface area contributed by atoms with E-state index in [0.29, 0.717) is 19.7 Å². The standard InChI is InChI=1S/C22H24N2O3S/c1-28-19-8-6-18(7-9-19)24-13-17(11-21(24)25)22(26)23-12-15-10-16-4-2-3-5-20(16)27-14-15/h2-9,15,17H,10-14H2,1H3,(H,23,26). The van der Waals surface area contributed by atoms with Gasteiger partial charge in [-0.3, -0.25) is 9.59 Å². The van der Waals surface area contributed by atoms with Crippen molar-refractivity contribution in [3.05, 3.63) is 54.1 Å². The highest BCUT2D eigenvalue weighted by Crippen LogP contribution is 2.28. The Morgan fingerprint density at radius 2 is 1.96 bits per heavy atom. The number of nitrogens with zero attached hydrogens (tertiary/aromatic N) is 1. The van der Waals surface area contributed by atoms with E-state index in [-0.39, 0.29) is 30.1 Å². The highest BCUT2D eigenvalue weighted by atomic mass is 32.2. The summed E-state index contributed by atoms with van der Waals surface area (Å²) in [7, 11) is 0. The molecule has 1 N–H and O–H groups in total. The maximum absolute atomic E-state index is 12.6. The molecule has 2 aliphatic rings. The van der Waals surface area contributed by atoms with E-state index in [9.17, 15) is 9.59 Å². The lowest BCUT2D eigenvalue weighted by Gasteiger charge is -2.25. The normalized spacial score (nSPS) is 21.2. The third-order valence-corrected chi connectivity index (χ3v) is 6.14. The lowest BCUT2D eigenvalue weighted by atomic mass is 9.96. The van der Waals surface area contributed by atoms with Crippen molar-refractivity contribution >= 4 is 29.3 Å². The number of anilines is 1. The second-order valence-corrected chi connectivity index (χ2v) is 8.22. The van der Waals surface area contributed by atoms with Gasteiger partial charge in [0.25, 0.3) is 0 Å². The van der Waals surface area contributed by atoms with Crippen LogP contribution in [0.1, 0.15) is 12.0 Å². The van der Waals surface area contributed by atoms with E-state index < -0.39 is 0 Å². The summed E-state index contributed by atoms with van der Waals surface area (Å²) in [5, 5.41) is 3.03. The Morgan fingerprint density at radius 1 is 1.18 bits per heavy atom. The molecule has 0 radical (unpaired) electrons. The van der Waals surface area contributed by atoms with Crippen LogP contribution in [0.25, 0.3) is 0 Å². The Morgan fingerprint density at radius 3 is 2.75 bits per heavy atom. The lowest BCUT2D eigenvalue weighted by Crippen LogP contribution is -2.38. The predicted octanol–water partition coefficient (Wildman–Crippen LogP) is 3.13. The molecule has 0 saturated carbocycles. The number of hydrogen-bond donors (Lipinski definition) is 1. The zero-order chi connectivity index (χ0) is 19.5. The second kappa shape index (κ2) is 8.27. The molecule has 2 unspecified atom stereocenters. The fourth-order valence-electron chi connectivity index (χ4n) is 3.81. The minimum absolute atomic E-state index is 0.00646. The average Bonchev–Trinajstić information content (AvgIpc) is 3.13. The first-order chi connectivity index (χ1) is 13.6. The topological polar surface area (TPSA) is 58.6 Å². The number of ether oxygens (including phenoxy) is 1. The van der Waals surface area contributed by atoms with Crippen LogP contribution < -0.4 is 15.0 Å². The number of hydrogen-bond acceptors (Lipinski definition) is 4. The van der Waals surface area contributed by atoms with E-state index in [1.54, 1.807) is 16.7 Å². The van der Waals surface area contributed by atoms with Crippen LogP contribution >= 0.6 is 11.8 Å². The number of carbonyl (C=O) groups is 2. The van der Waals surface area contributed by atoms with E-state index in [0.717, 1.165) is 22.8 Å². The summed E-state index contributed by atoms with van der Waals surface area (Å²) in [4.78, 5) is 27.9. The molecule has 6 heteroatoms. The molecule has 5 nitrogen and oxygen atoms in total. The van der Waals surface area contributed by atoms with E-state index >= 15 is 0 Å². The van der Waals surface area contributed by atoms with Crippen LogP contribution in [-0.4, -0.2) is 37.8 Å². The number of thioether (sulfide) groups is 1. The Kier molecular flexibility index (Phi) is 5.57. The molecule has 0 aromatic heterocycles. The lowest BCUT2D eigenvalue weighted by molar-refractivity contribution is -0.126. The molecule has 0 aliphatic carbocycles. The van der Waals surface area contributed by atoms with Crippen LogP contribution in [0.3, 0.4) is 0 Å². The van der Waals surface area contributed by atoms with E-state index in [1.165, 1.54) is 5.56 Å². The summed E-state index contributed by atoms with van der Waals surface area (Å²) < 4.78 is 5.79. The Hall–Kier alpha value is -2.47. The number of nitrogens with one attached hydrogen (secondary N) is 1. The molecule has 1 fully saturated rings. The van der Waals surface area contributed by atoms with Gasteiger partial charge in [-0.15, -0.1) is 11.8 Å². The van der Waals surface area contributed by atoms with Gasteiger partial charge in [0.2, 0.25) is 11.8 Å². The van der Waals surface area contributed by atoms with Gasteiger partial charge in [0.1, 0.15) is 5.75 Å². The van der Waals surface area contributed by atoms with Gasteiger partial charge in [-0.1, -0.05) is 18.2 Å². The third kappa shape index (κ3) is 4.02. The van der Waals surface area contributed by atoms with Crippen molar-refractivity contribution in [2.45, 2.75) is 17.7 Å². The number of para-hydroxylation sites is 1. The van der Waals surface area contributed by atoms with Gasteiger partial charge >= 0.3 is 0 Å². The molecule has 2 aliphatic heterocycles. The Bertz CT molecular complexity index is 868. The molecule has 1 saturated heterocycles. The van der Waals surface area contributed by atoms with Crippen molar-refractivity contribution in [1.82, 2.24) is 5.32 Å². The molecule has 2 amide bonds. The maximum Gasteiger partial charge on any atom is 0.227 e. The van der Waals surface area contributed by atoms with Crippen molar-refractivity contribution in [1.29, 1.82) is 0 Å². The number of carbonyl (C=O) groups excluding carboxylic acids is 2. The predicted molar refractivity (Wildman–Crippen MR) is 111 cm³/mol. The van der Waals surface area contributed by atoms with E-state index in [4.69, 9.17) is 4.74 Å². The molecule has 0 bridgehead atoms. The van der Waals surface area contributed by atoms with Crippen LogP contribution in [0.2, 0.25) is 0 Å². The monoisotopic (exact) mass is 396 g/mol. The van der Waals surface area contributed by atoms with Crippen LogP contribution in [0.15, 0.2) is 53.4 Å². The fourth-order valence-corrected chi connectivity index (χ4v) is 4.21. The van der Waals surface area contributed by atoms with Crippen LogP contribution in [0.5, 0.6) is 5.75 Å². The Balaban J connectivity index is 1.31. The molecule has 2 atom stereocenters. The summed E-state index contributed by atoms with van der Waals surface area (Å²) in [6.07, 6.45) is 3.18. The zero-order valence-electron chi connectivity index (χ0n) is 15.9. The Labute approximate surface area is 169 Å². The van der Waals surface area contributed by atoms with Gasteiger partial charge < -0.3 is 15.0 Å². The third-order valence-electron chi connectivity index (χ3n) is 5.40. The zero-order valence-corrected chi connectivity index (χ0v) is 16.7. The molecular formula is C22H24N2O3S. The highest BCUT2D eigenvalue weighted by Gasteiger charge is 2.35. The molecule has 2 aromatic carbocycles. The number of rotatable bonds is 5. The van der Waals surface area contributed by atoms with Gasteiger partial charge in [0, 0.05) is 36.0 Å². The van der Waals surface area contributed by atoms with Crippen molar-refractivity contribution in [3.63, 3.8) is 0 Å². The largest absolute Gasteiger partial charge is 0.493 e. The highest BCUT2D eigenvalue weighted by molar-refractivity contribution is 7.98. The van der Waals surface area contributed by atoms with Gasteiger partial charge in [0.05, 0.1) is 12.5 Å². The number of fused-ring (bicyclic) bond motifs is 1. The minimum Gasteiger partial charge on any atom is -0.493 e. The summed E-state index contributed by atoms with van der Waals surface area (Å²) >= 11 is 1.66. The summed E-state index contributed by atoms with van der Waals surface area (Å²) in [6, 6.07) is 15.9. The van der Waals surface area contributed by atoms with Crippen molar-refractivity contribution < 1.29 is 14.3 Å². The molecular weight excluding hydrogens is 372 g/mol. The first-order valence-electron chi connectivity index (χ1n) is 9.57. The summed E-state index contributed by atoms with van der Waals surface area (Å²) in [6.45, 7) is 1.61. The maximum atomic E-state index is 12.6. The van der Waals surface area contributed by atoms with E-state index in [2.05, 4.69) is 11.4 Å². The SMILES string of the molecule is CSc1ccc(N2CC(C(=O)NCC3COc4ccccc4C3)CC2=O)cc1. The molecule has 0 spiro atoms. The molecule has 146 valence electrons. The molecule has 2 heterocycles. The number of amides is 2. The van der Waals surface area contributed by atoms with Crippen LogP contribution in [-0.2, 0) is 16.0 Å². The van der Waals surface area contributed by atoms with Crippen molar-refractivity contribution in [3.8, 4) is 5.75 Å². The van der Waals surface area contributed by atoms with Gasteiger partial charge in [-0.2, -0.15) is 0 Å². The van der Waals surface area contributed by atoms with Crippen molar-refractivity contribution in [2.24, 2.45) is 11.8 Å². The summed E-state index contributed by atoms with van der Waals surface area (Å²) in [5.74, 6) is 0.854. The molecule has 28 heavy (non-hydrogen) atoms. The first-order valence-corrected chi connectivity index (χ1v) is 10.8. The van der Waals surface area contributed by atoms with E-state index in [1.807, 2.05) is 48.7 Å². The summed E-state index contributed by atoms with van der Waals surface area (Å²) in [5.41, 5.74) is 2.04.